The van der Waals surface area contributed by atoms with Crippen molar-refractivity contribution in [2.75, 3.05) is 0 Å². The second kappa shape index (κ2) is 3.28. The molecule has 0 saturated heterocycles. The minimum atomic E-state index is -1.05. The Morgan fingerprint density at radius 3 is 2.50 bits per heavy atom. The molecule has 1 heterocycles. The zero-order valence-electron chi connectivity index (χ0n) is 9.00. The van der Waals surface area contributed by atoms with Crippen LogP contribution in [0.25, 0.3) is 11.0 Å². The summed E-state index contributed by atoms with van der Waals surface area (Å²) >= 11 is 0. The van der Waals surface area contributed by atoms with Crippen molar-refractivity contribution in [3.05, 3.63) is 36.1 Å². The number of hydrogen-bond acceptors (Lipinski definition) is 1. The molecule has 0 saturated carbocycles. The number of hydrogen-bond donors (Lipinski definition) is 0. The molecule has 2 rings (SSSR count). The van der Waals surface area contributed by atoms with Crippen LogP contribution in [0.3, 0.4) is 0 Å². The second-order valence-corrected chi connectivity index (χ2v) is 10.5. The highest BCUT2D eigenvalue weighted by atomic mass is 28.3. The minimum Gasteiger partial charge on any atom is -0.461 e. The molecule has 0 bridgehead atoms. The van der Waals surface area contributed by atoms with Crippen LogP contribution in [0.1, 0.15) is 5.76 Å². The van der Waals surface area contributed by atoms with Crippen LogP contribution < -0.4 is 0 Å². The highest BCUT2D eigenvalue weighted by Gasteiger charge is 2.16. The molecule has 0 unspecified atom stereocenters. The van der Waals surface area contributed by atoms with Gasteiger partial charge in [-0.15, -0.1) is 0 Å². The van der Waals surface area contributed by atoms with Crippen LogP contribution in [0, 0.1) is 0 Å². The first-order valence-corrected chi connectivity index (χ1v) is 8.73. The van der Waals surface area contributed by atoms with Gasteiger partial charge in [-0.3, -0.25) is 0 Å². The lowest BCUT2D eigenvalue weighted by atomic mass is 10.2. The van der Waals surface area contributed by atoms with E-state index in [1.165, 1.54) is 5.39 Å². The summed E-state index contributed by atoms with van der Waals surface area (Å²) in [5.74, 6) is 1.14. The molecule has 2 aromatic rings. The SMILES string of the molecule is C[Si](C)(C)Cc1cc2ccccc2o1. The first kappa shape index (κ1) is 9.53. The highest BCUT2D eigenvalue weighted by Crippen LogP contribution is 2.21. The van der Waals surface area contributed by atoms with E-state index in [0.29, 0.717) is 0 Å². The molecule has 0 aliphatic rings. The molecule has 0 radical (unpaired) electrons. The number of para-hydroxylation sites is 1. The summed E-state index contributed by atoms with van der Waals surface area (Å²) in [5, 5.41) is 1.22. The molecule has 1 aromatic carbocycles. The van der Waals surface area contributed by atoms with Crippen molar-refractivity contribution in [3.8, 4) is 0 Å². The third-order valence-electron chi connectivity index (χ3n) is 2.18. The van der Waals surface area contributed by atoms with E-state index in [-0.39, 0.29) is 0 Å². The van der Waals surface area contributed by atoms with Crippen molar-refractivity contribution < 1.29 is 4.42 Å². The predicted octanol–water partition coefficient (Wildman–Crippen LogP) is 3.85. The van der Waals surface area contributed by atoms with Gasteiger partial charge in [-0.2, -0.15) is 0 Å². The Morgan fingerprint density at radius 2 is 1.86 bits per heavy atom. The molecule has 0 atom stereocenters. The first-order chi connectivity index (χ1) is 6.54. The Balaban J connectivity index is 2.36. The van der Waals surface area contributed by atoms with Gasteiger partial charge >= 0.3 is 0 Å². The van der Waals surface area contributed by atoms with E-state index in [9.17, 15) is 0 Å². The summed E-state index contributed by atoms with van der Waals surface area (Å²) in [7, 11) is -1.05. The van der Waals surface area contributed by atoms with Crippen LogP contribution in [0.5, 0.6) is 0 Å². The van der Waals surface area contributed by atoms with E-state index < -0.39 is 8.07 Å². The average Bonchev–Trinajstić information content (AvgIpc) is 2.42. The Bertz CT molecular complexity index is 404. The molecule has 0 aliphatic carbocycles. The molecule has 0 amide bonds. The van der Waals surface area contributed by atoms with Gasteiger partial charge in [0.25, 0.3) is 0 Å². The van der Waals surface area contributed by atoms with Gasteiger partial charge in [0.15, 0.2) is 0 Å². The number of benzene rings is 1. The fraction of sp³-hybridized carbons (Fsp3) is 0.333. The number of fused-ring (bicyclic) bond motifs is 1. The molecule has 74 valence electrons. The van der Waals surface area contributed by atoms with Crippen molar-refractivity contribution in [1.29, 1.82) is 0 Å². The molecule has 1 aromatic heterocycles. The maximum Gasteiger partial charge on any atom is 0.134 e. The Kier molecular flexibility index (Phi) is 2.23. The van der Waals surface area contributed by atoms with Crippen LogP contribution in [0.2, 0.25) is 19.6 Å². The lowest BCUT2D eigenvalue weighted by molar-refractivity contribution is 0.570. The first-order valence-electron chi connectivity index (χ1n) is 5.02. The smallest absolute Gasteiger partial charge is 0.134 e. The molecule has 14 heavy (non-hydrogen) atoms. The van der Waals surface area contributed by atoms with Crippen molar-refractivity contribution in [1.82, 2.24) is 0 Å². The molecule has 1 nitrogen and oxygen atoms in total. The van der Waals surface area contributed by atoms with Crippen LogP contribution >= 0.6 is 0 Å². The fourth-order valence-corrected chi connectivity index (χ4v) is 2.87. The maximum atomic E-state index is 5.78. The monoisotopic (exact) mass is 204 g/mol. The molecular formula is C12H16OSi. The number of furan rings is 1. The quantitative estimate of drug-likeness (QED) is 0.677. The minimum absolute atomic E-state index is 1.01. The molecule has 0 spiro atoms. The van der Waals surface area contributed by atoms with Crippen LogP contribution in [-0.4, -0.2) is 8.07 Å². The van der Waals surface area contributed by atoms with Crippen LogP contribution in [0.4, 0.5) is 0 Å². The van der Waals surface area contributed by atoms with E-state index >= 15 is 0 Å². The van der Waals surface area contributed by atoms with Gasteiger partial charge in [0, 0.05) is 11.4 Å². The third-order valence-corrected chi connectivity index (χ3v) is 3.59. The topological polar surface area (TPSA) is 13.1 Å². The lowest BCUT2D eigenvalue weighted by Gasteiger charge is -2.12. The average molecular weight is 204 g/mol. The van der Waals surface area contributed by atoms with Gasteiger partial charge in [-0.25, -0.2) is 0 Å². The second-order valence-electron chi connectivity index (χ2n) is 4.99. The maximum absolute atomic E-state index is 5.78. The van der Waals surface area contributed by atoms with Gasteiger partial charge < -0.3 is 4.42 Å². The largest absolute Gasteiger partial charge is 0.461 e. The third kappa shape index (κ3) is 2.07. The zero-order chi connectivity index (χ0) is 10.2. The highest BCUT2D eigenvalue weighted by molar-refractivity contribution is 6.75. The summed E-state index contributed by atoms with van der Waals surface area (Å²) in [6.45, 7) is 7.08. The van der Waals surface area contributed by atoms with E-state index in [2.05, 4.69) is 37.8 Å². The summed E-state index contributed by atoms with van der Waals surface area (Å²) in [5.41, 5.74) is 1.01. The Hall–Kier alpha value is -1.02. The summed E-state index contributed by atoms with van der Waals surface area (Å²) in [6.07, 6.45) is 0. The predicted molar refractivity (Wildman–Crippen MR) is 63.3 cm³/mol. The van der Waals surface area contributed by atoms with Crippen molar-refractivity contribution in [2.45, 2.75) is 25.7 Å². The molecule has 0 fully saturated rings. The number of rotatable bonds is 2. The van der Waals surface area contributed by atoms with Gasteiger partial charge in [0.2, 0.25) is 0 Å². The van der Waals surface area contributed by atoms with Gasteiger partial charge in [-0.05, 0) is 12.1 Å². The van der Waals surface area contributed by atoms with Crippen molar-refractivity contribution in [3.63, 3.8) is 0 Å². The fourth-order valence-electron chi connectivity index (χ4n) is 1.65. The van der Waals surface area contributed by atoms with Crippen molar-refractivity contribution >= 4 is 19.0 Å². The van der Waals surface area contributed by atoms with Gasteiger partial charge in [0.05, 0.1) is 8.07 Å². The van der Waals surface area contributed by atoms with Crippen LogP contribution in [0.15, 0.2) is 34.7 Å². The Morgan fingerprint density at radius 1 is 1.14 bits per heavy atom. The van der Waals surface area contributed by atoms with Gasteiger partial charge in [-0.1, -0.05) is 37.8 Å². The van der Waals surface area contributed by atoms with Crippen molar-refractivity contribution in [2.24, 2.45) is 0 Å². The van der Waals surface area contributed by atoms with E-state index in [0.717, 1.165) is 17.4 Å². The van der Waals surface area contributed by atoms with E-state index in [1.807, 2.05) is 12.1 Å². The van der Waals surface area contributed by atoms with E-state index in [1.54, 1.807) is 0 Å². The zero-order valence-corrected chi connectivity index (χ0v) is 10.0. The summed E-state index contributed by atoms with van der Waals surface area (Å²) in [4.78, 5) is 0. The van der Waals surface area contributed by atoms with Crippen LogP contribution in [-0.2, 0) is 6.04 Å². The summed E-state index contributed by atoms with van der Waals surface area (Å²) in [6, 6.07) is 11.5. The molecule has 0 aliphatic heterocycles. The normalized spacial score (nSPS) is 12.2. The Labute approximate surface area is 85.7 Å². The summed E-state index contributed by atoms with van der Waals surface area (Å²) < 4.78 is 5.78. The molecular weight excluding hydrogens is 188 g/mol. The van der Waals surface area contributed by atoms with Gasteiger partial charge in [0.1, 0.15) is 11.3 Å². The molecule has 2 heteroatoms. The standard InChI is InChI=1S/C12H16OSi/c1-14(2,3)9-11-8-10-6-4-5-7-12(10)13-11/h4-8H,9H2,1-3H3. The lowest BCUT2D eigenvalue weighted by Crippen LogP contribution is -2.23. The molecule has 0 N–H and O–H groups in total. The van der Waals surface area contributed by atoms with E-state index in [4.69, 9.17) is 4.42 Å².